The standard InChI is InChI=1S/2C10H16O.C2H4O2/c2*1-10(2)8-4-3-7(6-11)9(10)5-8;1-2(3)4/h2*3,8-9,11H,4-6H2,1-2H3;1H3,(H,3,4). The maximum atomic E-state index is 9.05. The molecule has 4 bridgehead atoms. The molecule has 0 aliphatic heterocycles. The Bertz CT molecular complexity index is 535. The monoisotopic (exact) mass is 364 g/mol. The number of aliphatic hydroxyl groups excluding tert-OH is 2. The molecule has 3 N–H and O–H groups in total. The molecular formula is C22H36O4. The van der Waals surface area contributed by atoms with E-state index in [2.05, 4.69) is 39.8 Å². The molecule has 4 unspecified atom stereocenters. The lowest BCUT2D eigenvalue weighted by molar-refractivity contribution is -0.134. The van der Waals surface area contributed by atoms with Crippen LogP contribution in [-0.4, -0.2) is 34.5 Å². The van der Waals surface area contributed by atoms with E-state index in [1.807, 2.05) is 0 Å². The lowest BCUT2D eigenvalue weighted by Gasteiger charge is -2.56. The lowest BCUT2D eigenvalue weighted by atomic mass is 9.49. The Morgan fingerprint density at radius 2 is 1.23 bits per heavy atom. The molecule has 0 aromatic heterocycles. The van der Waals surface area contributed by atoms with E-state index in [-0.39, 0.29) is 13.2 Å². The Morgan fingerprint density at radius 3 is 1.38 bits per heavy atom. The maximum absolute atomic E-state index is 9.05. The molecule has 0 heterocycles. The van der Waals surface area contributed by atoms with Crippen LogP contribution >= 0.6 is 0 Å². The van der Waals surface area contributed by atoms with Gasteiger partial charge in [-0.15, -0.1) is 0 Å². The predicted octanol–water partition coefficient (Wildman–Crippen LogP) is 4.03. The molecule has 0 saturated heterocycles. The van der Waals surface area contributed by atoms with Crippen LogP contribution in [-0.2, 0) is 4.79 Å². The van der Waals surface area contributed by atoms with Gasteiger partial charge in [0.15, 0.2) is 0 Å². The molecular weight excluding hydrogens is 328 g/mol. The first kappa shape index (κ1) is 21.2. The number of fused-ring (bicyclic) bond motifs is 2. The Hall–Kier alpha value is -1.13. The molecule has 4 atom stereocenters. The van der Waals surface area contributed by atoms with Crippen LogP contribution in [0, 0.1) is 34.5 Å². The Balaban J connectivity index is 0.000000156. The summed E-state index contributed by atoms with van der Waals surface area (Å²) in [4.78, 5) is 9.00. The average molecular weight is 365 g/mol. The molecule has 4 nitrogen and oxygen atoms in total. The van der Waals surface area contributed by atoms with Crippen molar-refractivity contribution in [3.05, 3.63) is 23.3 Å². The summed E-state index contributed by atoms with van der Waals surface area (Å²) in [6.07, 6.45) is 9.51. The number of carbonyl (C=O) groups is 1. The van der Waals surface area contributed by atoms with E-state index in [1.165, 1.54) is 36.8 Å². The van der Waals surface area contributed by atoms with E-state index in [0.29, 0.717) is 22.7 Å². The van der Waals surface area contributed by atoms with Crippen molar-refractivity contribution in [2.24, 2.45) is 34.5 Å². The van der Waals surface area contributed by atoms with Crippen molar-refractivity contribution < 1.29 is 20.1 Å². The van der Waals surface area contributed by atoms with Crippen LogP contribution in [0.4, 0.5) is 0 Å². The van der Waals surface area contributed by atoms with Gasteiger partial charge < -0.3 is 15.3 Å². The van der Waals surface area contributed by atoms with Gasteiger partial charge in [0.05, 0.1) is 13.2 Å². The van der Waals surface area contributed by atoms with E-state index in [9.17, 15) is 0 Å². The molecule has 148 valence electrons. The highest BCUT2D eigenvalue weighted by Crippen LogP contribution is 2.59. The fourth-order valence-electron chi connectivity index (χ4n) is 5.31. The van der Waals surface area contributed by atoms with Crippen molar-refractivity contribution >= 4 is 5.97 Å². The van der Waals surface area contributed by atoms with Crippen molar-refractivity contribution in [1.82, 2.24) is 0 Å². The smallest absolute Gasteiger partial charge is 0.300 e. The van der Waals surface area contributed by atoms with Gasteiger partial charge in [-0.3, -0.25) is 4.79 Å². The number of aliphatic carboxylic acids is 1. The molecule has 0 radical (unpaired) electrons. The van der Waals surface area contributed by atoms with Crippen LogP contribution < -0.4 is 0 Å². The molecule has 6 aliphatic rings. The Morgan fingerprint density at radius 1 is 0.923 bits per heavy atom. The number of rotatable bonds is 2. The van der Waals surface area contributed by atoms with Gasteiger partial charge in [-0.2, -0.15) is 0 Å². The number of carboxylic acid groups (broad SMARTS) is 1. The Labute approximate surface area is 158 Å². The van der Waals surface area contributed by atoms with Gasteiger partial charge in [-0.1, -0.05) is 39.8 Å². The van der Waals surface area contributed by atoms with Crippen LogP contribution in [0.3, 0.4) is 0 Å². The highest BCUT2D eigenvalue weighted by Gasteiger charge is 2.51. The number of hydrogen-bond donors (Lipinski definition) is 3. The Kier molecular flexibility index (Phi) is 6.40. The van der Waals surface area contributed by atoms with E-state index in [0.717, 1.165) is 18.8 Å². The first-order valence-corrected chi connectivity index (χ1v) is 9.84. The van der Waals surface area contributed by atoms with Gasteiger partial charge >= 0.3 is 0 Å². The van der Waals surface area contributed by atoms with Gasteiger partial charge in [-0.05, 0) is 71.3 Å². The maximum Gasteiger partial charge on any atom is 0.300 e. The third kappa shape index (κ3) is 3.91. The van der Waals surface area contributed by atoms with Crippen LogP contribution in [0.15, 0.2) is 23.3 Å². The molecule has 0 spiro atoms. The first-order chi connectivity index (χ1) is 12.1. The van der Waals surface area contributed by atoms with Crippen LogP contribution in [0.2, 0.25) is 0 Å². The van der Waals surface area contributed by atoms with Crippen molar-refractivity contribution in [1.29, 1.82) is 0 Å². The largest absolute Gasteiger partial charge is 0.481 e. The fourth-order valence-corrected chi connectivity index (χ4v) is 5.31. The van der Waals surface area contributed by atoms with Crippen molar-refractivity contribution in [3.63, 3.8) is 0 Å². The normalized spacial score (nSPS) is 34.3. The second-order valence-corrected chi connectivity index (χ2v) is 9.48. The zero-order chi connectivity index (χ0) is 19.7. The van der Waals surface area contributed by atoms with Crippen molar-refractivity contribution in [2.45, 2.75) is 60.3 Å². The van der Waals surface area contributed by atoms with E-state index >= 15 is 0 Å². The van der Waals surface area contributed by atoms with Gasteiger partial charge in [-0.25, -0.2) is 0 Å². The molecule has 6 rings (SSSR count). The summed E-state index contributed by atoms with van der Waals surface area (Å²) in [6, 6.07) is 0. The minimum atomic E-state index is -0.833. The van der Waals surface area contributed by atoms with Gasteiger partial charge in [0, 0.05) is 6.92 Å². The highest BCUT2D eigenvalue weighted by molar-refractivity contribution is 5.62. The molecule has 26 heavy (non-hydrogen) atoms. The number of carboxylic acids is 1. The molecule has 6 aliphatic carbocycles. The van der Waals surface area contributed by atoms with Gasteiger partial charge in [0.2, 0.25) is 0 Å². The molecule has 0 aromatic rings. The number of allylic oxidation sites excluding steroid dienone is 2. The fraction of sp³-hybridized carbons (Fsp3) is 0.773. The number of aliphatic hydroxyl groups is 2. The van der Waals surface area contributed by atoms with Crippen molar-refractivity contribution in [3.8, 4) is 0 Å². The van der Waals surface area contributed by atoms with E-state index in [1.54, 1.807) is 0 Å². The third-order valence-corrected chi connectivity index (χ3v) is 7.53. The first-order valence-electron chi connectivity index (χ1n) is 9.84. The van der Waals surface area contributed by atoms with Crippen molar-refractivity contribution in [2.75, 3.05) is 13.2 Å². The quantitative estimate of drug-likeness (QED) is 0.646. The zero-order valence-electron chi connectivity index (χ0n) is 17.0. The molecule has 4 heteroatoms. The second-order valence-electron chi connectivity index (χ2n) is 9.48. The van der Waals surface area contributed by atoms with Crippen LogP contribution in [0.25, 0.3) is 0 Å². The topological polar surface area (TPSA) is 77.8 Å². The summed E-state index contributed by atoms with van der Waals surface area (Å²) < 4.78 is 0. The summed E-state index contributed by atoms with van der Waals surface area (Å²) in [5, 5.41) is 25.5. The average Bonchev–Trinajstić information content (AvgIpc) is 2.61. The summed E-state index contributed by atoms with van der Waals surface area (Å²) in [7, 11) is 0. The molecule has 2 fully saturated rings. The minimum absolute atomic E-state index is 0.279. The zero-order valence-corrected chi connectivity index (χ0v) is 17.0. The summed E-state index contributed by atoms with van der Waals surface area (Å²) in [5.41, 5.74) is 3.54. The minimum Gasteiger partial charge on any atom is -0.481 e. The molecule has 0 aromatic carbocycles. The second kappa shape index (κ2) is 7.85. The SMILES string of the molecule is CC(=O)O.CC1(C)C2CC=C(CO)C1C2.CC1(C)C2CC=C(CO)C1C2. The van der Waals surface area contributed by atoms with E-state index in [4.69, 9.17) is 20.1 Å². The summed E-state index contributed by atoms with van der Waals surface area (Å²) in [6.45, 7) is 11.0. The number of hydrogen-bond acceptors (Lipinski definition) is 3. The highest BCUT2D eigenvalue weighted by atomic mass is 16.4. The van der Waals surface area contributed by atoms with Crippen LogP contribution in [0.5, 0.6) is 0 Å². The van der Waals surface area contributed by atoms with Gasteiger partial charge in [0.1, 0.15) is 0 Å². The summed E-state index contributed by atoms with van der Waals surface area (Å²) in [5.74, 6) is 2.32. The van der Waals surface area contributed by atoms with Gasteiger partial charge in [0.25, 0.3) is 5.97 Å². The molecule has 0 amide bonds. The van der Waals surface area contributed by atoms with E-state index < -0.39 is 5.97 Å². The van der Waals surface area contributed by atoms with Crippen LogP contribution in [0.1, 0.15) is 60.3 Å². The molecule has 2 saturated carbocycles. The lowest BCUT2D eigenvalue weighted by Crippen LogP contribution is -2.48. The third-order valence-electron chi connectivity index (χ3n) is 7.53. The summed E-state index contributed by atoms with van der Waals surface area (Å²) >= 11 is 0. The predicted molar refractivity (Wildman–Crippen MR) is 104 cm³/mol.